The summed E-state index contributed by atoms with van der Waals surface area (Å²) < 4.78 is 10.9. The fraction of sp³-hybridized carbons (Fsp3) is 0.211. The van der Waals surface area contributed by atoms with Crippen LogP contribution in [0.2, 0.25) is 0 Å². The first-order chi connectivity index (χ1) is 13.6. The summed E-state index contributed by atoms with van der Waals surface area (Å²) in [6, 6.07) is 8.90. The lowest BCUT2D eigenvalue weighted by Crippen LogP contribution is -2.47. The molecule has 1 atom stereocenters. The standard InChI is InChI=1S/C19H19N3O4S2/c1-3-25-14-4-6-15(7-5-14)26-12(2)17(23)21-22-18(24)16-11-28-19(20-16)13-8-9-27-10-13/h4-12H,3H2,1-2H3,(H,21,23)(H,22,24)/t12-/m1/s1. The largest absolute Gasteiger partial charge is 0.494 e. The molecule has 2 amide bonds. The molecule has 0 saturated carbocycles. The van der Waals surface area contributed by atoms with Gasteiger partial charge in [0.15, 0.2) is 6.10 Å². The molecular formula is C19H19N3O4S2. The highest BCUT2D eigenvalue weighted by Gasteiger charge is 2.17. The summed E-state index contributed by atoms with van der Waals surface area (Å²) in [5, 5.41) is 6.31. The van der Waals surface area contributed by atoms with Gasteiger partial charge >= 0.3 is 0 Å². The van der Waals surface area contributed by atoms with Crippen molar-refractivity contribution in [3.63, 3.8) is 0 Å². The molecule has 0 radical (unpaired) electrons. The quantitative estimate of drug-likeness (QED) is 0.575. The first kappa shape index (κ1) is 19.8. The second-order valence-electron chi connectivity index (χ2n) is 5.66. The van der Waals surface area contributed by atoms with Gasteiger partial charge in [0, 0.05) is 16.3 Å². The number of rotatable bonds is 7. The molecule has 0 unspecified atom stereocenters. The summed E-state index contributed by atoms with van der Waals surface area (Å²) in [7, 11) is 0. The molecule has 2 aromatic heterocycles. The number of carbonyl (C=O) groups excluding carboxylic acids is 2. The summed E-state index contributed by atoms with van der Waals surface area (Å²) in [5.41, 5.74) is 5.92. The van der Waals surface area contributed by atoms with E-state index < -0.39 is 17.9 Å². The van der Waals surface area contributed by atoms with Crippen molar-refractivity contribution in [3.05, 3.63) is 52.2 Å². The van der Waals surface area contributed by atoms with Crippen molar-refractivity contribution < 1.29 is 19.1 Å². The molecule has 1 aromatic carbocycles. The Hall–Kier alpha value is -2.91. The van der Waals surface area contributed by atoms with Crippen LogP contribution in [0, 0.1) is 0 Å². The normalized spacial score (nSPS) is 11.5. The Labute approximate surface area is 170 Å². The molecule has 28 heavy (non-hydrogen) atoms. The molecule has 9 heteroatoms. The van der Waals surface area contributed by atoms with Gasteiger partial charge in [-0.1, -0.05) is 0 Å². The Bertz CT molecular complexity index is 923. The SMILES string of the molecule is CCOc1ccc(O[C@H](C)C(=O)NNC(=O)c2csc(-c3ccsc3)n2)cc1. The molecule has 0 spiro atoms. The van der Waals surface area contributed by atoms with E-state index >= 15 is 0 Å². The van der Waals surface area contributed by atoms with Crippen LogP contribution in [0.1, 0.15) is 24.3 Å². The number of hydrogen-bond acceptors (Lipinski definition) is 7. The van der Waals surface area contributed by atoms with Crippen LogP contribution >= 0.6 is 22.7 Å². The maximum Gasteiger partial charge on any atom is 0.289 e. The van der Waals surface area contributed by atoms with E-state index in [2.05, 4.69) is 15.8 Å². The number of amides is 2. The van der Waals surface area contributed by atoms with Gasteiger partial charge in [0.1, 0.15) is 22.2 Å². The van der Waals surface area contributed by atoms with E-state index in [0.29, 0.717) is 12.4 Å². The maximum atomic E-state index is 12.2. The van der Waals surface area contributed by atoms with Crippen LogP contribution < -0.4 is 20.3 Å². The third kappa shape index (κ3) is 5.08. The molecule has 7 nitrogen and oxygen atoms in total. The zero-order valence-electron chi connectivity index (χ0n) is 15.3. The third-order valence-electron chi connectivity index (χ3n) is 3.62. The zero-order valence-corrected chi connectivity index (χ0v) is 16.9. The number of carbonyl (C=O) groups is 2. The molecule has 2 heterocycles. The van der Waals surface area contributed by atoms with E-state index in [1.807, 2.05) is 23.8 Å². The minimum absolute atomic E-state index is 0.242. The van der Waals surface area contributed by atoms with Gasteiger partial charge in [0.25, 0.3) is 11.8 Å². The van der Waals surface area contributed by atoms with Crippen molar-refractivity contribution in [1.82, 2.24) is 15.8 Å². The summed E-state index contributed by atoms with van der Waals surface area (Å²) in [6.07, 6.45) is -0.796. The number of aromatic nitrogens is 1. The second-order valence-corrected chi connectivity index (χ2v) is 7.30. The van der Waals surface area contributed by atoms with Gasteiger partial charge in [-0.2, -0.15) is 11.3 Å². The van der Waals surface area contributed by atoms with E-state index in [1.54, 1.807) is 47.9 Å². The Morgan fingerprint density at radius 3 is 2.54 bits per heavy atom. The monoisotopic (exact) mass is 417 g/mol. The van der Waals surface area contributed by atoms with Gasteiger partial charge in [0.2, 0.25) is 0 Å². The van der Waals surface area contributed by atoms with E-state index in [9.17, 15) is 9.59 Å². The van der Waals surface area contributed by atoms with Gasteiger partial charge in [-0.15, -0.1) is 11.3 Å². The van der Waals surface area contributed by atoms with Crippen molar-refractivity contribution in [2.45, 2.75) is 20.0 Å². The van der Waals surface area contributed by atoms with Crippen LogP contribution in [-0.4, -0.2) is 29.5 Å². The van der Waals surface area contributed by atoms with Crippen molar-refractivity contribution in [2.75, 3.05) is 6.61 Å². The number of ether oxygens (including phenoxy) is 2. The minimum atomic E-state index is -0.796. The highest BCUT2D eigenvalue weighted by molar-refractivity contribution is 7.14. The zero-order chi connectivity index (χ0) is 19.9. The van der Waals surface area contributed by atoms with Gasteiger partial charge < -0.3 is 9.47 Å². The van der Waals surface area contributed by atoms with Crippen LogP contribution in [0.4, 0.5) is 0 Å². The van der Waals surface area contributed by atoms with Gasteiger partial charge in [-0.3, -0.25) is 20.4 Å². The molecule has 3 rings (SSSR count). The lowest BCUT2D eigenvalue weighted by molar-refractivity contribution is -0.128. The Morgan fingerprint density at radius 1 is 1.11 bits per heavy atom. The second kappa shape index (κ2) is 9.34. The lowest BCUT2D eigenvalue weighted by atomic mass is 10.3. The van der Waals surface area contributed by atoms with Gasteiger partial charge in [-0.05, 0) is 49.6 Å². The van der Waals surface area contributed by atoms with Crippen LogP contribution in [0.15, 0.2) is 46.5 Å². The fourth-order valence-electron chi connectivity index (χ4n) is 2.22. The average Bonchev–Trinajstić information content (AvgIpc) is 3.39. The smallest absolute Gasteiger partial charge is 0.289 e. The highest BCUT2D eigenvalue weighted by Crippen LogP contribution is 2.25. The van der Waals surface area contributed by atoms with Crippen LogP contribution in [0.5, 0.6) is 11.5 Å². The molecule has 146 valence electrons. The summed E-state index contributed by atoms with van der Waals surface area (Å²) in [6.45, 7) is 4.07. The number of thiophene rings is 1. The third-order valence-corrected chi connectivity index (χ3v) is 5.20. The lowest BCUT2D eigenvalue weighted by Gasteiger charge is -2.15. The first-order valence-electron chi connectivity index (χ1n) is 8.54. The van der Waals surface area contributed by atoms with E-state index in [4.69, 9.17) is 9.47 Å². The summed E-state index contributed by atoms with van der Waals surface area (Å²) in [5.74, 6) is 0.288. The van der Waals surface area contributed by atoms with E-state index in [0.717, 1.165) is 16.3 Å². The number of hydrazine groups is 1. The Balaban J connectivity index is 1.49. The van der Waals surface area contributed by atoms with Crippen molar-refractivity contribution >= 4 is 34.5 Å². The Kier molecular flexibility index (Phi) is 6.62. The summed E-state index contributed by atoms with van der Waals surface area (Å²) in [4.78, 5) is 28.6. The Morgan fingerprint density at radius 2 is 1.86 bits per heavy atom. The maximum absolute atomic E-state index is 12.2. The molecule has 0 bridgehead atoms. The fourth-order valence-corrected chi connectivity index (χ4v) is 3.73. The van der Waals surface area contributed by atoms with Crippen LogP contribution in [-0.2, 0) is 4.79 Å². The average molecular weight is 418 g/mol. The van der Waals surface area contributed by atoms with E-state index in [-0.39, 0.29) is 5.69 Å². The number of hydrogen-bond donors (Lipinski definition) is 2. The molecule has 0 aliphatic carbocycles. The predicted molar refractivity (Wildman–Crippen MR) is 109 cm³/mol. The van der Waals surface area contributed by atoms with Crippen LogP contribution in [0.3, 0.4) is 0 Å². The topological polar surface area (TPSA) is 89.5 Å². The van der Waals surface area contributed by atoms with Gasteiger partial charge in [0.05, 0.1) is 6.61 Å². The molecule has 0 aliphatic heterocycles. The highest BCUT2D eigenvalue weighted by atomic mass is 32.1. The number of nitrogens with zero attached hydrogens (tertiary/aromatic N) is 1. The molecule has 2 N–H and O–H groups in total. The first-order valence-corrected chi connectivity index (χ1v) is 10.4. The molecule has 0 aliphatic rings. The number of thiazole rings is 1. The minimum Gasteiger partial charge on any atom is -0.494 e. The van der Waals surface area contributed by atoms with Crippen LogP contribution in [0.25, 0.3) is 10.6 Å². The summed E-state index contributed by atoms with van der Waals surface area (Å²) >= 11 is 2.93. The molecule has 0 fully saturated rings. The van der Waals surface area contributed by atoms with Crippen molar-refractivity contribution in [2.24, 2.45) is 0 Å². The molecule has 0 saturated heterocycles. The number of nitrogens with one attached hydrogen (secondary N) is 2. The van der Waals surface area contributed by atoms with Crippen molar-refractivity contribution in [1.29, 1.82) is 0 Å². The molecular weight excluding hydrogens is 398 g/mol. The van der Waals surface area contributed by atoms with E-state index in [1.165, 1.54) is 11.3 Å². The molecule has 3 aromatic rings. The van der Waals surface area contributed by atoms with Gasteiger partial charge in [-0.25, -0.2) is 4.98 Å². The van der Waals surface area contributed by atoms with Crippen molar-refractivity contribution in [3.8, 4) is 22.1 Å². The number of benzene rings is 1. The predicted octanol–water partition coefficient (Wildman–Crippen LogP) is 3.50.